The number of ether oxygens (including phenoxy) is 2. The number of aromatic nitrogens is 2. The summed E-state index contributed by atoms with van der Waals surface area (Å²) in [5, 5.41) is 1.07. The lowest BCUT2D eigenvalue weighted by molar-refractivity contribution is -0.131. The molecular formula is C17H13N3O4. The van der Waals surface area contributed by atoms with Gasteiger partial charge in [0, 0.05) is 23.9 Å². The largest absolute Gasteiger partial charge is 0.437 e. The highest BCUT2D eigenvalue weighted by atomic mass is 16.5. The molecule has 0 radical (unpaired) electrons. The maximum absolute atomic E-state index is 11.8. The van der Waals surface area contributed by atoms with Gasteiger partial charge in [0.25, 0.3) is 5.91 Å². The van der Waals surface area contributed by atoms with E-state index in [1.165, 1.54) is 13.1 Å². The molecule has 7 nitrogen and oxygen atoms in total. The fourth-order valence-electron chi connectivity index (χ4n) is 2.22. The molecule has 0 atom stereocenters. The first-order chi connectivity index (χ1) is 11.6. The van der Waals surface area contributed by atoms with E-state index in [2.05, 4.69) is 9.97 Å². The summed E-state index contributed by atoms with van der Waals surface area (Å²) in [7, 11) is 0. The van der Waals surface area contributed by atoms with Crippen molar-refractivity contribution in [3.63, 3.8) is 0 Å². The van der Waals surface area contributed by atoms with Gasteiger partial charge in [-0.25, -0.2) is 4.98 Å². The van der Waals surface area contributed by atoms with Crippen molar-refractivity contribution in [2.24, 2.45) is 5.73 Å². The number of nitrogens with zero attached hydrogens (tertiary/aromatic N) is 2. The van der Waals surface area contributed by atoms with Crippen LogP contribution in [-0.4, -0.2) is 21.8 Å². The van der Waals surface area contributed by atoms with Crippen LogP contribution in [0.15, 0.2) is 48.8 Å². The third kappa shape index (κ3) is 3.00. The Labute approximate surface area is 137 Å². The normalized spacial score (nSPS) is 10.4. The summed E-state index contributed by atoms with van der Waals surface area (Å²) in [5.41, 5.74) is 5.20. The van der Waals surface area contributed by atoms with Gasteiger partial charge < -0.3 is 15.2 Å². The molecule has 0 saturated carbocycles. The van der Waals surface area contributed by atoms with Crippen molar-refractivity contribution in [2.45, 2.75) is 6.92 Å². The SMILES string of the molecule is CC(=O)Oc1c(C(N)=O)nc(Oc2cccnc2)c2ccccc12. The van der Waals surface area contributed by atoms with Gasteiger partial charge in [-0.2, -0.15) is 0 Å². The number of benzene rings is 1. The molecular weight excluding hydrogens is 310 g/mol. The van der Waals surface area contributed by atoms with E-state index in [9.17, 15) is 9.59 Å². The highest BCUT2D eigenvalue weighted by molar-refractivity contribution is 6.03. The van der Waals surface area contributed by atoms with Crippen LogP contribution >= 0.6 is 0 Å². The topological polar surface area (TPSA) is 104 Å². The van der Waals surface area contributed by atoms with Crippen LogP contribution in [0.25, 0.3) is 10.8 Å². The number of nitrogens with two attached hydrogens (primary N) is 1. The molecule has 0 bridgehead atoms. The number of pyridine rings is 2. The molecule has 0 unspecified atom stereocenters. The molecule has 120 valence electrons. The lowest BCUT2D eigenvalue weighted by Gasteiger charge is -2.13. The van der Waals surface area contributed by atoms with Crippen LogP contribution in [0, 0.1) is 0 Å². The van der Waals surface area contributed by atoms with Crippen molar-refractivity contribution < 1.29 is 19.1 Å². The second-order valence-electron chi connectivity index (χ2n) is 4.89. The van der Waals surface area contributed by atoms with Crippen LogP contribution in [0.5, 0.6) is 17.4 Å². The molecule has 3 rings (SSSR count). The number of hydrogen-bond donors (Lipinski definition) is 1. The molecule has 3 aromatic rings. The molecule has 0 aliphatic carbocycles. The van der Waals surface area contributed by atoms with E-state index >= 15 is 0 Å². The Morgan fingerprint density at radius 2 is 1.83 bits per heavy atom. The summed E-state index contributed by atoms with van der Waals surface area (Å²) in [6.45, 7) is 1.24. The second-order valence-corrected chi connectivity index (χ2v) is 4.89. The Bertz CT molecular complexity index is 926. The van der Waals surface area contributed by atoms with E-state index in [-0.39, 0.29) is 17.3 Å². The zero-order valence-electron chi connectivity index (χ0n) is 12.7. The maximum Gasteiger partial charge on any atom is 0.308 e. The number of amides is 1. The second kappa shape index (κ2) is 6.33. The summed E-state index contributed by atoms with van der Waals surface area (Å²) in [5.74, 6) is -0.767. The lowest BCUT2D eigenvalue weighted by atomic mass is 10.1. The molecule has 0 saturated heterocycles. The Balaban J connectivity index is 2.23. The number of fused-ring (bicyclic) bond motifs is 1. The Hall–Kier alpha value is -3.48. The average molecular weight is 323 g/mol. The number of carbonyl (C=O) groups excluding carboxylic acids is 2. The minimum atomic E-state index is -0.826. The number of primary amides is 1. The third-order valence-corrected chi connectivity index (χ3v) is 3.16. The maximum atomic E-state index is 11.8. The van der Waals surface area contributed by atoms with Crippen LogP contribution in [0.2, 0.25) is 0 Å². The predicted molar refractivity (Wildman–Crippen MR) is 85.9 cm³/mol. The fourth-order valence-corrected chi connectivity index (χ4v) is 2.22. The Kier molecular flexibility index (Phi) is 4.07. The molecule has 0 aliphatic rings. The molecule has 2 N–H and O–H groups in total. The molecule has 0 aliphatic heterocycles. The van der Waals surface area contributed by atoms with Crippen molar-refractivity contribution in [3.8, 4) is 17.4 Å². The first-order valence-corrected chi connectivity index (χ1v) is 7.05. The molecule has 1 amide bonds. The third-order valence-electron chi connectivity index (χ3n) is 3.16. The van der Waals surface area contributed by atoms with Crippen molar-refractivity contribution in [3.05, 3.63) is 54.5 Å². The zero-order valence-corrected chi connectivity index (χ0v) is 12.7. The van der Waals surface area contributed by atoms with Crippen LogP contribution in [-0.2, 0) is 4.79 Å². The number of hydrogen-bond acceptors (Lipinski definition) is 6. The van der Waals surface area contributed by atoms with Crippen LogP contribution in [0.4, 0.5) is 0 Å². The monoisotopic (exact) mass is 323 g/mol. The fraction of sp³-hybridized carbons (Fsp3) is 0.0588. The van der Waals surface area contributed by atoms with Crippen molar-refractivity contribution >= 4 is 22.6 Å². The van der Waals surface area contributed by atoms with Gasteiger partial charge in [0.15, 0.2) is 11.4 Å². The van der Waals surface area contributed by atoms with Gasteiger partial charge in [0.1, 0.15) is 5.75 Å². The molecule has 7 heteroatoms. The quantitative estimate of drug-likeness (QED) is 0.739. The molecule has 2 heterocycles. The molecule has 2 aromatic heterocycles. The molecule has 0 fully saturated rings. The first kappa shape index (κ1) is 15.4. The zero-order chi connectivity index (χ0) is 17.1. The lowest BCUT2D eigenvalue weighted by Crippen LogP contribution is -2.17. The van der Waals surface area contributed by atoms with E-state index in [4.69, 9.17) is 15.2 Å². The first-order valence-electron chi connectivity index (χ1n) is 7.05. The number of rotatable bonds is 4. The van der Waals surface area contributed by atoms with Crippen LogP contribution in [0.1, 0.15) is 17.4 Å². The van der Waals surface area contributed by atoms with Gasteiger partial charge in [-0.3, -0.25) is 14.6 Å². The van der Waals surface area contributed by atoms with E-state index in [1.807, 2.05) is 0 Å². The summed E-state index contributed by atoms with van der Waals surface area (Å²) >= 11 is 0. The van der Waals surface area contributed by atoms with Gasteiger partial charge >= 0.3 is 5.97 Å². The minimum Gasteiger partial charge on any atom is -0.437 e. The van der Waals surface area contributed by atoms with E-state index in [1.54, 1.807) is 42.6 Å². The van der Waals surface area contributed by atoms with Crippen molar-refractivity contribution in [1.82, 2.24) is 9.97 Å². The molecule has 24 heavy (non-hydrogen) atoms. The molecule has 1 aromatic carbocycles. The summed E-state index contributed by atoms with van der Waals surface area (Å²) < 4.78 is 10.9. The smallest absolute Gasteiger partial charge is 0.308 e. The van der Waals surface area contributed by atoms with Crippen molar-refractivity contribution in [1.29, 1.82) is 0 Å². The molecule has 0 spiro atoms. The van der Waals surface area contributed by atoms with Gasteiger partial charge in [0.2, 0.25) is 5.88 Å². The Morgan fingerprint density at radius 3 is 2.46 bits per heavy atom. The summed E-state index contributed by atoms with van der Waals surface area (Å²) in [6.07, 6.45) is 3.12. The standard InChI is InChI=1S/C17H13N3O4/c1-10(21)23-15-12-6-2-3-7-13(12)17(20-14(15)16(18)22)24-11-5-4-8-19-9-11/h2-9H,1H3,(H2,18,22). The Morgan fingerprint density at radius 1 is 1.08 bits per heavy atom. The summed E-state index contributed by atoms with van der Waals surface area (Å²) in [6, 6.07) is 10.4. The highest BCUT2D eigenvalue weighted by Gasteiger charge is 2.21. The van der Waals surface area contributed by atoms with E-state index < -0.39 is 11.9 Å². The van der Waals surface area contributed by atoms with Gasteiger partial charge in [-0.05, 0) is 18.2 Å². The predicted octanol–water partition coefficient (Wildman–Crippen LogP) is 2.45. The summed E-state index contributed by atoms with van der Waals surface area (Å²) in [4.78, 5) is 31.2. The number of carbonyl (C=O) groups is 2. The van der Waals surface area contributed by atoms with E-state index in [0.29, 0.717) is 16.5 Å². The van der Waals surface area contributed by atoms with Gasteiger partial charge in [-0.15, -0.1) is 0 Å². The van der Waals surface area contributed by atoms with Gasteiger partial charge in [-0.1, -0.05) is 18.2 Å². The minimum absolute atomic E-state index is 0.0177. The average Bonchev–Trinajstić information content (AvgIpc) is 2.57. The van der Waals surface area contributed by atoms with Crippen LogP contribution < -0.4 is 15.2 Å². The van der Waals surface area contributed by atoms with E-state index in [0.717, 1.165) is 0 Å². The highest BCUT2D eigenvalue weighted by Crippen LogP contribution is 2.36. The van der Waals surface area contributed by atoms with Crippen LogP contribution in [0.3, 0.4) is 0 Å². The van der Waals surface area contributed by atoms with Gasteiger partial charge in [0.05, 0.1) is 6.20 Å². The number of esters is 1. The van der Waals surface area contributed by atoms with Crippen molar-refractivity contribution in [2.75, 3.05) is 0 Å².